The molecule has 0 aromatic heterocycles. The van der Waals surface area contributed by atoms with Crippen molar-refractivity contribution >= 4 is 5.69 Å². The second kappa shape index (κ2) is 7.68. The highest BCUT2D eigenvalue weighted by molar-refractivity contribution is 5.42. The lowest BCUT2D eigenvalue weighted by Crippen LogP contribution is -2.40. The van der Waals surface area contributed by atoms with Gasteiger partial charge in [-0.05, 0) is 56.4 Å². The fraction of sp³-hybridized carbons (Fsp3) is 0.667. The highest BCUT2D eigenvalue weighted by Gasteiger charge is 2.30. The first-order valence-corrected chi connectivity index (χ1v) is 8.29. The summed E-state index contributed by atoms with van der Waals surface area (Å²) in [6.45, 7) is 9.64. The Kier molecular flexibility index (Phi) is 5.90. The first kappa shape index (κ1) is 15.4. The summed E-state index contributed by atoms with van der Waals surface area (Å²) in [5.74, 6) is 0. The minimum Gasteiger partial charge on any atom is -0.385 e. The van der Waals surface area contributed by atoms with Crippen molar-refractivity contribution < 1.29 is 0 Å². The first-order valence-electron chi connectivity index (χ1n) is 8.29. The molecule has 1 aromatic carbocycles. The zero-order valence-electron chi connectivity index (χ0n) is 13.2. The lowest BCUT2D eigenvalue weighted by atomic mass is 9.74. The third kappa shape index (κ3) is 4.24. The van der Waals surface area contributed by atoms with E-state index in [1.807, 2.05) is 0 Å². The van der Waals surface area contributed by atoms with Crippen LogP contribution in [-0.2, 0) is 0 Å². The topological polar surface area (TPSA) is 15.3 Å². The minimum atomic E-state index is 0.652. The van der Waals surface area contributed by atoms with Crippen LogP contribution in [0.3, 0.4) is 0 Å². The summed E-state index contributed by atoms with van der Waals surface area (Å²) in [5, 5.41) is 3.50. The summed E-state index contributed by atoms with van der Waals surface area (Å²) in [5.41, 5.74) is 1.89. The molecule has 0 saturated carbocycles. The second-order valence-electron chi connectivity index (χ2n) is 6.20. The van der Waals surface area contributed by atoms with E-state index in [0.29, 0.717) is 5.41 Å². The molecule has 1 aliphatic rings. The summed E-state index contributed by atoms with van der Waals surface area (Å²) in [6, 6.07) is 10.5. The highest BCUT2D eigenvalue weighted by atomic mass is 15.1. The molecule has 0 radical (unpaired) electrons. The number of para-hydroxylation sites is 1. The summed E-state index contributed by atoms with van der Waals surface area (Å²) in [4.78, 5) is 2.65. The molecule has 0 spiro atoms. The van der Waals surface area contributed by atoms with Crippen LogP contribution >= 0.6 is 0 Å². The van der Waals surface area contributed by atoms with Crippen LogP contribution in [0.5, 0.6) is 0 Å². The smallest absolute Gasteiger partial charge is 0.0340 e. The molecule has 20 heavy (non-hydrogen) atoms. The van der Waals surface area contributed by atoms with Crippen LogP contribution in [0.25, 0.3) is 0 Å². The summed E-state index contributed by atoms with van der Waals surface area (Å²) in [7, 11) is 0. The summed E-state index contributed by atoms with van der Waals surface area (Å²) >= 11 is 0. The van der Waals surface area contributed by atoms with E-state index in [4.69, 9.17) is 0 Å². The number of anilines is 1. The van der Waals surface area contributed by atoms with Crippen LogP contribution in [0, 0.1) is 5.41 Å². The fourth-order valence-corrected chi connectivity index (χ4v) is 3.30. The number of nitrogens with one attached hydrogen (secondary N) is 1. The normalized spacial score (nSPS) is 18.9. The number of nitrogens with zero attached hydrogens (tertiary/aromatic N) is 1. The van der Waals surface area contributed by atoms with Crippen LogP contribution in [0.1, 0.15) is 46.0 Å². The zero-order valence-corrected chi connectivity index (χ0v) is 13.2. The molecule has 2 rings (SSSR count). The molecule has 1 N–H and O–H groups in total. The van der Waals surface area contributed by atoms with E-state index in [1.54, 1.807) is 0 Å². The van der Waals surface area contributed by atoms with Gasteiger partial charge in [0.15, 0.2) is 0 Å². The maximum Gasteiger partial charge on any atom is 0.0340 e. The molecule has 0 atom stereocenters. The van der Waals surface area contributed by atoms with Crippen molar-refractivity contribution in [2.24, 2.45) is 5.41 Å². The predicted molar refractivity (Wildman–Crippen MR) is 88.2 cm³/mol. The molecule has 1 aromatic rings. The van der Waals surface area contributed by atoms with Crippen LogP contribution in [0.4, 0.5) is 5.69 Å². The molecule has 0 aliphatic carbocycles. The Morgan fingerprint density at radius 1 is 1.05 bits per heavy atom. The Morgan fingerprint density at radius 3 is 2.30 bits per heavy atom. The molecule has 1 aliphatic heterocycles. The third-order valence-corrected chi connectivity index (χ3v) is 5.17. The Hall–Kier alpha value is -1.02. The highest BCUT2D eigenvalue weighted by Crippen LogP contribution is 2.37. The van der Waals surface area contributed by atoms with Gasteiger partial charge in [0.25, 0.3) is 0 Å². The lowest BCUT2D eigenvalue weighted by molar-refractivity contribution is 0.0954. The van der Waals surface area contributed by atoms with E-state index in [9.17, 15) is 0 Å². The predicted octanol–water partition coefficient (Wildman–Crippen LogP) is 4.39. The van der Waals surface area contributed by atoms with Crippen LogP contribution < -0.4 is 5.32 Å². The van der Waals surface area contributed by atoms with Crippen molar-refractivity contribution in [1.29, 1.82) is 0 Å². The van der Waals surface area contributed by atoms with E-state index in [1.165, 1.54) is 57.4 Å². The van der Waals surface area contributed by atoms with Gasteiger partial charge >= 0.3 is 0 Å². The van der Waals surface area contributed by atoms with Crippen LogP contribution in [0.2, 0.25) is 0 Å². The van der Waals surface area contributed by atoms with Gasteiger partial charge in [-0.3, -0.25) is 0 Å². The SMILES string of the molecule is CCC1(CC)CCN(CCCNc2ccccc2)CC1. The van der Waals surface area contributed by atoms with E-state index in [2.05, 4.69) is 54.4 Å². The molecule has 1 fully saturated rings. The standard InChI is InChI=1S/C18H30N2/c1-3-18(4-2)11-15-20(16-12-18)14-8-13-19-17-9-6-5-7-10-17/h5-7,9-10,19H,3-4,8,11-16H2,1-2H3. The first-order chi connectivity index (χ1) is 9.78. The summed E-state index contributed by atoms with van der Waals surface area (Å²) in [6.07, 6.45) is 6.73. The number of rotatable bonds is 7. The molecular formula is C18H30N2. The van der Waals surface area contributed by atoms with Gasteiger partial charge in [0.1, 0.15) is 0 Å². The molecule has 1 heterocycles. The van der Waals surface area contributed by atoms with Crippen molar-refractivity contribution in [3.8, 4) is 0 Å². The van der Waals surface area contributed by atoms with Gasteiger partial charge in [-0.25, -0.2) is 0 Å². The molecule has 0 bridgehead atoms. The molecule has 1 saturated heterocycles. The van der Waals surface area contributed by atoms with Gasteiger partial charge < -0.3 is 10.2 Å². The molecule has 112 valence electrons. The Labute approximate surface area is 124 Å². The molecule has 0 unspecified atom stereocenters. The number of hydrogen-bond donors (Lipinski definition) is 1. The van der Waals surface area contributed by atoms with Crippen molar-refractivity contribution in [2.45, 2.75) is 46.0 Å². The van der Waals surface area contributed by atoms with Crippen LogP contribution in [-0.4, -0.2) is 31.1 Å². The van der Waals surface area contributed by atoms with Crippen molar-refractivity contribution in [3.05, 3.63) is 30.3 Å². The monoisotopic (exact) mass is 274 g/mol. The zero-order chi connectivity index (χ0) is 14.3. The van der Waals surface area contributed by atoms with Crippen molar-refractivity contribution in [2.75, 3.05) is 31.5 Å². The van der Waals surface area contributed by atoms with Crippen molar-refractivity contribution in [1.82, 2.24) is 4.90 Å². The quantitative estimate of drug-likeness (QED) is 0.742. The molecule has 2 nitrogen and oxygen atoms in total. The largest absolute Gasteiger partial charge is 0.385 e. The Morgan fingerprint density at radius 2 is 1.70 bits per heavy atom. The maximum absolute atomic E-state index is 3.50. The fourth-order valence-electron chi connectivity index (χ4n) is 3.30. The number of benzene rings is 1. The van der Waals surface area contributed by atoms with Crippen LogP contribution in [0.15, 0.2) is 30.3 Å². The second-order valence-corrected chi connectivity index (χ2v) is 6.20. The van der Waals surface area contributed by atoms with E-state index in [-0.39, 0.29) is 0 Å². The van der Waals surface area contributed by atoms with Gasteiger partial charge in [0.2, 0.25) is 0 Å². The van der Waals surface area contributed by atoms with Gasteiger partial charge in [-0.1, -0.05) is 44.9 Å². The van der Waals surface area contributed by atoms with Gasteiger partial charge in [-0.2, -0.15) is 0 Å². The van der Waals surface area contributed by atoms with Gasteiger partial charge in [0, 0.05) is 12.2 Å². The average Bonchev–Trinajstić information content (AvgIpc) is 2.53. The number of hydrogen-bond acceptors (Lipinski definition) is 2. The number of likely N-dealkylation sites (tertiary alicyclic amines) is 1. The Bertz CT molecular complexity index is 360. The maximum atomic E-state index is 3.50. The summed E-state index contributed by atoms with van der Waals surface area (Å²) < 4.78 is 0. The van der Waals surface area contributed by atoms with Gasteiger partial charge in [-0.15, -0.1) is 0 Å². The lowest BCUT2D eigenvalue weighted by Gasteiger charge is -2.41. The van der Waals surface area contributed by atoms with Crippen molar-refractivity contribution in [3.63, 3.8) is 0 Å². The molecule has 2 heteroatoms. The number of piperidine rings is 1. The average molecular weight is 274 g/mol. The molecular weight excluding hydrogens is 244 g/mol. The third-order valence-electron chi connectivity index (χ3n) is 5.17. The van der Waals surface area contributed by atoms with E-state index < -0.39 is 0 Å². The van der Waals surface area contributed by atoms with Gasteiger partial charge in [0.05, 0.1) is 0 Å². The molecule has 0 amide bonds. The van der Waals surface area contributed by atoms with E-state index in [0.717, 1.165) is 6.54 Å². The minimum absolute atomic E-state index is 0.652. The Balaban J connectivity index is 1.62. The van der Waals surface area contributed by atoms with E-state index >= 15 is 0 Å².